The van der Waals surface area contributed by atoms with Crippen LogP contribution in [0.2, 0.25) is 0 Å². The number of aliphatic carboxylic acids is 1. The third-order valence-corrected chi connectivity index (χ3v) is 2.99. The molecule has 0 radical (unpaired) electrons. The number of carboxylic acids is 1. The van der Waals surface area contributed by atoms with Crippen molar-refractivity contribution in [1.29, 1.82) is 0 Å². The van der Waals surface area contributed by atoms with E-state index in [1.54, 1.807) is 0 Å². The van der Waals surface area contributed by atoms with Crippen LogP contribution >= 0.6 is 0 Å². The fourth-order valence-electron chi connectivity index (χ4n) is 1.37. The van der Waals surface area contributed by atoms with E-state index >= 15 is 0 Å². The molecule has 0 heterocycles. The molecule has 20 heavy (non-hydrogen) atoms. The van der Waals surface area contributed by atoms with Gasteiger partial charge in [-0.1, -0.05) is 0 Å². The smallest absolute Gasteiger partial charge is 0.387 e. The molecule has 0 bridgehead atoms. The van der Waals surface area contributed by atoms with Crippen molar-refractivity contribution in [3.8, 4) is 5.75 Å². The molecule has 0 unspecified atom stereocenters. The minimum atomic E-state index is -2.94. The van der Waals surface area contributed by atoms with Gasteiger partial charge in [0.15, 0.2) is 0 Å². The van der Waals surface area contributed by atoms with Gasteiger partial charge in [-0.2, -0.15) is 8.78 Å². The van der Waals surface area contributed by atoms with Crippen molar-refractivity contribution in [3.63, 3.8) is 0 Å². The molecular formula is C13H15F2NO4. The van der Waals surface area contributed by atoms with E-state index < -0.39 is 24.0 Å². The molecule has 1 rings (SSSR count). The van der Waals surface area contributed by atoms with Gasteiger partial charge in [0.1, 0.15) is 11.3 Å². The average molecular weight is 287 g/mol. The summed E-state index contributed by atoms with van der Waals surface area (Å²) < 4.78 is 28.1. The lowest BCUT2D eigenvalue weighted by Gasteiger charge is -2.31. The molecule has 0 saturated carbocycles. The SMILES string of the molecule is CN(C(=O)c1ccc(OC(F)F)cc1)C(C)(C)C(=O)O. The maximum absolute atomic E-state index is 12.1. The predicted octanol–water partition coefficient (Wildman–Crippen LogP) is 2.22. The van der Waals surface area contributed by atoms with Gasteiger partial charge in [0.2, 0.25) is 0 Å². The number of hydrogen-bond donors (Lipinski definition) is 1. The van der Waals surface area contributed by atoms with Crippen LogP contribution in [-0.2, 0) is 4.79 Å². The zero-order chi connectivity index (χ0) is 15.5. The highest BCUT2D eigenvalue weighted by Crippen LogP contribution is 2.19. The Bertz CT molecular complexity index is 500. The molecule has 7 heteroatoms. The van der Waals surface area contributed by atoms with Gasteiger partial charge in [0.25, 0.3) is 5.91 Å². The van der Waals surface area contributed by atoms with E-state index in [0.717, 1.165) is 4.90 Å². The van der Waals surface area contributed by atoms with Gasteiger partial charge in [0, 0.05) is 12.6 Å². The Morgan fingerprint density at radius 3 is 2.15 bits per heavy atom. The number of likely N-dealkylation sites (N-methyl/N-ethyl adjacent to an activating group) is 1. The topological polar surface area (TPSA) is 66.8 Å². The Kier molecular flexibility index (Phi) is 4.65. The predicted molar refractivity (Wildman–Crippen MR) is 66.9 cm³/mol. The maximum atomic E-state index is 12.1. The van der Waals surface area contributed by atoms with Crippen molar-refractivity contribution < 1.29 is 28.2 Å². The van der Waals surface area contributed by atoms with Crippen LogP contribution < -0.4 is 4.74 Å². The Hall–Kier alpha value is -2.18. The lowest BCUT2D eigenvalue weighted by atomic mass is 10.0. The molecule has 0 atom stereocenters. The summed E-state index contributed by atoms with van der Waals surface area (Å²) in [6.07, 6.45) is 0. The first-order chi connectivity index (χ1) is 9.16. The van der Waals surface area contributed by atoms with E-state index in [9.17, 15) is 18.4 Å². The molecule has 5 nitrogen and oxygen atoms in total. The molecule has 1 aromatic carbocycles. The molecule has 1 aromatic rings. The summed E-state index contributed by atoms with van der Waals surface area (Å²) in [5, 5.41) is 9.05. The summed E-state index contributed by atoms with van der Waals surface area (Å²) in [4.78, 5) is 24.2. The molecule has 0 aromatic heterocycles. The number of carbonyl (C=O) groups excluding carboxylic acids is 1. The lowest BCUT2D eigenvalue weighted by molar-refractivity contribution is -0.147. The number of halogens is 2. The van der Waals surface area contributed by atoms with Crippen LogP contribution in [-0.4, -0.2) is 41.1 Å². The van der Waals surface area contributed by atoms with Gasteiger partial charge in [0.05, 0.1) is 0 Å². The monoisotopic (exact) mass is 287 g/mol. The summed E-state index contributed by atoms with van der Waals surface area (Å²) in [6.45, 7) is -0.159. The minimum absolute atomic E-state index is 0.0725. The van der Waals surface area contributed by atoms with E-state index in [4.69, 9.17) is 5.11 Å². The van der Waals surface area contributed by atoms with Gasteiger partial charge < -0.3 is 14.7 Å². The molecule has 0 spiro atoms. The van der Waals surface area contributed by atoms with Crippen molar-refractivity contribution in [3.05, 3.63) is 29.8 Å². The van der Waals surface area contributed by atoms with E-state index in [1.165, 1.54) is 45.2 Å². The van der Waals surface area contributed by atoms with Crippen molar-refractivity contribution in [1.82, 2.24) is 4.90 Å². The number of rotatable bonds is 5. The minimum Gasteiger partial charge on any atom is -0.480 e. The Morgan fingerprint density at radius 2 is 1.75 bits per heavy atom. The van der Waals surface area contributed by atoms with Crippen LogP contribution in [0.15, 0.2) is 24.3 Å². The van der Waals surface area contributed by atoms with Crippen molar-refractivity contribution in [2.75, 3.05) is 7.05 Å². The Balaban J connectivity index is 2.90. The lowest BCUT2D eigenvalue weighted by Crippen LogP contribution is -2.50. The zero-order valence-electron chi connectivity index (χ0n) is 11.3. The molecule has 0 saturated heterocycles. The molecule has 0 aliphatic heterocycles. The molecule has 0 aliphatic carbocycles. The number of ether oxygens (including phenoxy) is 1. The van der Waals surface area contributed by atoms with Gasteiger partial charge in [-0.25, -0.2) is 4.79 Å². The Labute approximate surface area is 114 Å². The summed E-state index contributed by atoms with van der Waals surface area (Å²) >= 11 is 0. The van der Waals surface area contributed by atoms with Crippen LogP contribution in [0.5, 0.6) is 5.75 Å². The van der Waals surface area contributed by atoms with Crippen molar-refractivity contribution >= 4 is 11.9 Å². The van der Waals surface area contributed by atoms with E-state index in [2.05, 4.69) is 4.74 Å². The number of nitrogens with zero attached hydrogens (tertiary/aromatic N) is 1. The van der Waals surface area contributed by atoms with Crippen LogP contribution in [0.25, 0.3) is 0 Å². The van der Waals surface area contributed by atoms with Gasteiger partial charge >= 0.3 is 12.6 Å². The van der Waals surface area contributed by atoms with Crippen LogP contribution in [0.3, 0.4) is 0 Å². The molecule has 0 aliphatic rings. The summed E-state index contributed by atoms with van der Waals surface area (Å²) in [6, 6.07) is 5.05. The highest BCUT2D eigenvalue weighted by Gasteiger charge is 2.35. The van der Waals surface area contributed by atoms with Gasteiger partial charge in [-0.05, 0) is 38.1 Å². The van der Waals surface area contributed by atoms with Gasteiger partial charge in [-0.15, -0.1) is 0 Å². The first kappa shape index (κ1) is 15.9. The largest absolute Gasteiger partial charge is 0.480 e. The normalized spacial score (nSPS) is 11.3. The highest BCUT2D eigenvalue weighted by molar-refractivity contribution is 5.97. The number of benzene rings is 1. The zero-order valence-corrected chi connectivity index (χ0v) is 11.3. The van der Waals surface area contributed by atoms with Crippen LogP contribution in [0, 0.1) is 0 Å². The third-order valence-electron chi connectivity index (χ3n) is 2.99. The van der Waals surface area contributed by atoms with E-state index in [-0.39, 0.29) is 11.3 Å². The van der Waals surface area contributed by atoms with E-state index in [0.29, 0.717) is 0 Å². The quantitative estimate of drug-likeness (QED) is 0.901. The van der Waals surface area contributed by atoms with Crippen molar-refractivity contribution in [2.45, 2.75) is 26.0 Å². The fourth-order valence-corrected chi connectivity index (χ4v) is 1.37. The van der Waals surface area contributed by atoms with E-state index in [1.807, 2.05) is 0 Å². The van der Waals surface area contributed by atoms with Crippen LogP contribution in [0.4, 0.5) is 8.78 Å². The number of hydrogen-bond acceptors (Lipinski definition) is 3. The second-order valence-corrected chi connectivity index (χ2v) is 4.63. The highest BCUT2D eigenvalue weighted by atomic mass is 19.3. The maximum Gasteiger partial charge on any atom is 0.387 e. The Morgan fingerprint density at radius 1 is 1.25 bits per heavy atom. The molecule has 0 fully saturated rings. The molecule has 1 amide bonds. The second-order valence-electron chi connectivity index (χ2n) is 4.63. The van der Waals surface area contributed by atoms with Gasteiger partial charge in [-0.3, -0.25) is 4.79 Å². The van der Waals surface area contributed by atoms with Crippen molar-refractivity contribution in [2.24, 2.45) is 0 Å². The molecular weight excluding hydrogens is 272 g/mol. The van der Waals surface area contributed by atoms with Crippen LogP contribution in [0.1, 0.15) is 24.2 Å². The number of amides is 1. The molecule has 1 N–H and O–H groups in total. The first-order valence-electron chi connectivity index (χ1n) is 5.72. The first-order valence-corrected chi connectivity index (χ1v) is 5.72. The third kappa shape index (κ3) is 3.43. The fraction of sp³-hybridized carbons (Fsp3) is 0.385. The standard InChI is InChI=1S/C13H15F2NO4/c1-13(2,11(18)19)16(3)10(17)8-4-6-9(7-5-8)20-12(14)15/h4-7,12H,1-3H3,(H,18,19). The average Bonchev–Trinajstić information content (AvgIpc) is 2.37. The number of carboxylic acid groups (broad SMARTS) is 1. The molecule has 110 valence electrons. The summed E-state index contributed by atoms with van der Waals surface area (Å²) in [7, 11) is 1.36. The number of carbonyl (C=O) groups is 2. The second kappa shape index (κ2) is 5.85. The number of alkyl halides is 2. The summed E-state index contributed by atoms with van der Waals surface area (Å²) in [5.41, 5.74) is -1.20. The summed E-state index contributed by atoms with van der Waals surface area (Å²) in [5.74, 6) is -1.75.